The fourth-order valence-electron chi connectivity index (χ4n) is 5.03. The summed E-state index contributed by atoms with van der Waals surface area (Å²) in [5.74, 6) is -0.583. The predicted octanol–water partition coefficient (Wildman–Crippen LogP) is 6.50. The van der Waals surface area contributed by atoms with E-state index in [1.54, 1.807) is 11.8 Å². The Hall–Kier alpha value is -3.06. The maximum absolute atomic E-state index is 14.0. The summed E-state index contributed by atoms with van der Waals surface area (Å²) >= 11 is 1.75. The number of fused-ring (bicyclic) bond motifs is 2. The minimum absolute atomic E-state index is 0.0954. The first kappa shape index (κ1) is 21.5. The Morgan fingerprint density at radius 1 is 0.794 bits per heavy atom. The van der Waals surface area contributed by atoms with E-state index in [1.807, 2.05) is 54.6 Å². The van der Waals surface area contributed by atoms with Crippen LogP contribution in [-0.4, -0.2) is 24.9 Å². The normalized spacial score (nSPS) is 18.4. The Kier molecular flexibility index (Phi) is 5.65. The Morgan fingerprint density at radius 3 is 1.97 bits per heavy atom. The van der Waals surface area contributed by atoms with Crippen LogP contribution >= 0.6 is 11.8 Å². The average Bonchev–Trinajstić information content (AvgIpc) is 3.33. The van der Waals surface area contributed by atoms with E-state index in [4.69, 9.17) is 9.47 Å². The van der Waals surface area contributed by atoms with Gasteiger partial charge in [0.2, 0.25) is 0 Å². The summed E-state index contributed by atoms with van der Waals surface area (Å²) in [6, 6.07) is 26.3. The maximum Gasteiger partial charge on any atom is 0.272 e. The molecule has 3 aromatic carbocycles. The first-order valence-electron chi connectivity index (χ1n) is 11.7. The molecular formula is C28H26N2O3S. The monoisotopic (exact) mass is 470 g/mol. The molecule has 6 rings (SSSR count). The van der Waals surface area contributed by atoms with Gasteiger partial charge in [-0.3, -0.25) is 4.79 Å². The van der Waals surface area contributed by atoms with Gasteiger partial charge in [-0.05, 0) is 54.8 Å². The number of ether oxygens (including phenoxy) is 2. The van der Waals surface area contributed by atoms with Crippen molar-refractivity contribution in [1.29, 1.82) is 0 Å². The van der Waals surface area contributed by atoms with Crippen LogP contribution in [0.1, 0.15) is 25.7 Å². The average molecular weight is 471 g/mol. The first-order valence-corrected chi connectivity index (χ1v) is 12.6. The zero-order chi connectivity index (χ0) is 23.0. The van der Waals surface area contributed by atoms with Crippen LogP contribution in [0.2, 0.25) is 0 Å². The van der Waals surface area contributed by atoms with Gasteiger partial charge < -0.3 is 19.7 Å². The van der Waals surface area contributed by atoms with Crippen molar-refractivity contribution < 1.29 is 14.3 Å². The molecule has 1 aliphatic carbocycles. The van der Waals surface area contributed by atoms with Gasteiger partial charge in [0.05, 0.1) is 24.6 Å². The molecule has 2 aliphatic heterocycles. The van der Waals surface area contributed by atoms with Crippen LogP contribution in [0.5, 0.6) is 0 Å². The van der Waals surface area contributed by atoms with Crippen LogP contribution in [0.4, 0.5) is 17.1 Å². The third-order valence-electron chi connectivity index (χ3n) is 6.67. The Morgan fingerprint density at radius 2 is 1.35 bits per heavy atom. The van der Waals surface area contributed by atoms with Gasteiger partial charge in [0.25, 0.3) is 5.91 Å². The highest BCUT2D eigenvalue weighted by molar-refractivity contribution is 7.99. The molecule has 0 aromatic heterocycles. The molecule has 1 amide bonds. The molecule has 5 nitrogen and oxygen atoms in total. The highest BCUT2D eigenvalue weighted by atomic mass is 32.2. The number of rotatable bonds is 3. The molecule has 2 fully saturated rings. The largest absolute Gasteiger partial charge is 0.348 e. The third-order valence-corrected chi connectivity index (χ3v) is 7.80. The molecule has 172 valence electrons. The van der Waals surface area contributed by atoms with Crippen molar-refractivity contribution in [2.75, 3.05) is 23.4 Å². The lowest BCUT2D eigenvalue weighted by molar-refractivity contribution is -0.171. The van der Waals surface area contributed by atoms with E-state index in [2.05, 4.69) is 34.5 Å². The lowest BCUT2D eigenvalue weighted by Gasteiger charge is -2.38. The second kappa shape index (κ2) is 8.95. The van der Waals surface area contributed by atoms with E-state index in [-0.39, 0.29) is 5.91 Å². The van der Waals surface area contributed by atoms with Gasteiger partial charge in [-0.2, -0.15) is 0 Å². The van der Waals surface area contributed by atoms with Crippen LogP contribution < -0.4 is 10.2 Å². The van der Waals surface area contributed by atoms with Crippen molar-refractivity contribution in [3.63, 3.8) is 0 Å². The number of carbonyl (C=O) groups excluding carboxylic acids is 1. The number of para-hydroxylation sites is 3. The zero-order valence-electron chi connectivity index (χ0n) is 18.8. The lowest BCUT2D eigenvalue weighted by Crippen LogP contribution is -2.36. The van der Waals surface area contributed by atoms with Gasteiger partial charge >= 0.3 is 0 Å². The molecule has 1 spiro atoms. The number of benzene rings is 3. The number of allylic oxidation sites excluding steroid dienone is 1. The van der Waals surface area contributed by atoms with E-state index in [0.717, 1.165) is 58.1 Å². The molecule has 3 aliphatic rings. The van der Waals surface area contributed by atoms with Crippen LogP contribution in [0.25, 0.3) is 0 Å². The molecule has 1 saturated carbocycles. The quantitative estimate of drug-likeness (QED) is 0.443. The number of nitrogens with one attached hydrogen (secondary N) is 1. The first-order chi connectivity index (χ1) is 16.7. The van der Waals surface area contributed by atoms with Crippen LogP contribution in [0, 0.1) is 0 Å². The lowest BCUT2D eigenvalue weighted by atomic mass is 9.87. The molecule has 0 atom stereocenters. The van der Waals surface area contributed by atoms with Gasteiger partial charge in [0.1, 0.15) is 5.70 Å². The third kappa shape index (κ3) is 3.92. The summed E-state index contributed by atoms with van der Waals surface area (Å²) in [7, 11) is 0. The van der Waals surface area contributed by atoms with E-state index in [9.17, 15) is 4.79 Å². The number of amides is 1. The molecule has 0 bridgehead atoms. The van der Waals surface area contributed by atoms with Crippen molar-refractivity contribution >= 4 is 34.7 Å². The smallest absolute Gasteiger partial charge is 0.272 e. The van der Waals surface area contributed by atoms with Crippen molar-refractivity contribution in [3.8, 4) is 0 Å². The van der Waals surface area contributed by atoms with Crippen LogP contribution in [-0.2, 0) is 14.3 Å². The second-order valence-electron chi connectivity index (χ2n) is 8.75. The minimum Gasteiger partial charge on any atom is -0.348 e. The molecule has 1 saturated heterocycles. The van der Waals surface area contributed by atoms with Crippen molar-refractivity contribution in [2.45, 2.75) is 41.3 Å². The summed E-state index contributed by atoms with van der Waals surface area (Å²) in [4.78, 5) is 18.4. The standard InChI is InChI=1S/C28H26N2O3S/c31-27(29-21-8-2-1-3-9-21)26(20-14-16-28(17-15-20)32-18-19-33-28)30-22-10-4-6-12-24(22)34-25-13-7-5-11-23(25)30/h1-13H,14-19H2,(H,29,31). The van der Waals surface area contributed by atoms with Crippen LogP contribution in [0.15, 0.2) is 99.9 Å². The number of anilines is 3. The molecule has 0 unspecified atom stereocenters. The number of carbonyl (C=O) groups is 1. The molecule has 6 heteroatoms. The molecule has 2 heterocycles. The SMILES string of the molecule is O=C(Nc1ccccc1)C(=C1CCC2(CC1)OCCO2)N1c2ccccc2Sc2ccccc21. The Bertz CT molecular complexity index is 1190. The summed E-state index contributed by atoms with van der Waals surface area (Å²) in [6.45, 7) is 1.29. The highest BCUT2D eigenvalue weighted by Gasteiger charge is 2.41. The van der Waals surface area contributed by atoms with Gasteiger partial charge in [-0.15, -0.1) is 0 Å². The van der Waals surface area contributed by atoms with Gasteiger partial charge in [0, 0.05) is 28.3 Å². The second-order valence-corrected chi connectivity index (χ2v) is 9.84. The van der Waals surface area contributed by atoms with Crippen LogP contribution in [0.3, 0.4) is 0 Å². The van der Waals surface area contributed by atoms with Crippen molar-refractivity contribution in [1.82, 2.24) is 0 Å². The van der Waals surface area contributed by atoms with E-state index < -0.39 is 5.79 Å². The van der Waals surface area contributed by atoms with Gasteiger partial charge in [-0.25, -0.2) is 0 Å². The topological polar surface area (TPSA) is 50.8 Å². The summed E-state index contributed by atoms with van der Waals surface area (Å²) in [6.07, 6.45) is 3.03. The highest BCUT2D eigenvalue weighted by Crippen LogP contribution is 2.51. The minimum atomic E-state index is -0.488. The Balaban J connectivity index is 1.46. The maximum atomic E-state index is 14.0. The van der Waals surface area contributed by atoms with Crippen molar-refractivity contribution in [2.24, 2.45) is 0 Å². The summed E-state index contributed by atoms with van der Waals surface area (Å²) < 4.78 is 11.9. The summed E-state index contributed by atoms with van der Waals surface area (Å²) in [5.41, 5.74) is 4.69. The number of hydrogen-bond acceptors (Lipinski definition) is 5. The molecule has 1 N–H and O–H groups in total. The molecule has 34 heavy (non-hydrogen) atoms. The van der Waals surface area contributed by atoms with E-state index >= 15 is 0 Å². The fraction of sp³-hybridized carbons (Fsp3) is 0.250. The van der Waals surface area contributed by atoms with Gasteiger partial charge in [-0.1, -0.05) is 54.2 Å². The summed E-state index contributed by atoms with van der Waals surface area (Å²) in [5, 5.41) is 3.15. The van der Waals surface area contributed by atoms with E-state index in [0.29, 0.717) is 18.9 Å². The fourth-order valence-corrected chi connectivity index (χ4v) is 6.09. The Labute approximate surface area is 203 Å². The zero-order valence-corrected chi connectivity index (χ0v) is 19.6. The molecule has 3 aromatic rings. The van der Waals surface area contributed by atoms with Crippen molar-refractivity contribution in [3.05, 3.63) is 90.1 Å². The molecule has 0 radical (unpaired) electrons. The number of hydrogen-bond donors (Lipinski definition) is 1. The van der Waals surface area contributed by atoms with Gasteiger partial charge in [0.15, 0.2) is 5.79 Å². The van der Waals surface area contributed by atoms with E-state index in [1.165, 1.54) is 0 Å². The number of nitrogens with zero attached hydrogens (tertiary/aromatic N) is 1. The molecular weight excluding hydrogens is 444 g/mol. The predicted molar refractivity (Wildman–Crippen MR) is 134 cm³/mol.